The van der Waals surface area contributed by atoms with Crippen molar-refractivity contribution in [3.05, 3.63) is 30.3 Å². The van der Waals surface area contributed by atoms with E-state index in [0.717, 1.165) is 0 Å². The molecule has 1 heterocycles. The number of aliphatic hydroxyl groups excluding tert-OH is 1. The zero-order valence-corrected chi connectivity index (χ0v) is 12.3. The van der Waals surface area contributed by atoms with E-state index in [4.69, 9.17) is 9.47 Å². The summed E-state index contributed by atoms with van der Waals surface area (Å²) >= 11 is 0. The van der Waals surface area contributed by atoms with Gasteiger partial charge in [0.25, 0.3) is 0 Å². The molecule has 1 saturated heterocycles. The van der Waals surface area contributed by atoms with Crippen molar-refractivity contribution in [1.82, 2.24) is 4.31 Å². The number of rotatable bonds is 4. The molecule has 0 amide bonds. The monoisotopic (exact) mass is 301 g/mol. The van der Waals surface area contributed by atoms with E-state index in [0.29, 0.717) is 0 Å². The average molecular weight is 301 g/mol. The average Bonchev–Trinajstić information content (AvgIpc) is 2.48. The van der Waals surface area contributed by atoms with Gasteiger partial charge in [-0.25, -0.2) is 8.42 Å². The molecule has 2 rings (SSSR count). The molecule has 0 radical (unpaired) electrons. The third kappa shape index (κ3) is 2.59. The minimum absolute atomic E-state index is 0.0566. The first kappa shape index (κ1) is 15.4. The van der Waals surface area contributed by atoms with Crippen molar-refractivity contribution >= 4 is 10.0 Å². The minimum atomic E-state index is -3.60. The van der Waals surface area contributed by atoms with Crippen molar-refractivity contribution in [2.75, 3.05) is 27.3 Å². The number of β-amino-alcohol motifs (C(OH)–C–C–N with tert-alkyl or cyclic N) is 1. The highest BCUT2D eigenvalue weighted by molar-refractivity contribution is 7.89. The molecule has 7 heteroatoms. The molecule has 0 spiro atoms. The van der Waals surface area contributed by atoms with E-state index in [1.807, 2.05) is 0 Å². The predicted octanol–water partition coefficient (Wildman–Crippen LogP) is 0.431. The molecule has 1 atom stereocenters. The lowest BCUT2D eigenvalue weighted by atomic mass is 10.0. The SMILES string of the molecule is COC1(OC)CCN(S(=O)(=O)c2ccccc2)CC1O. The number of ether oxygens (including phenoxy) is 2. The van der Waals surface area contributed by atoms with Crippen LogP contribution in [-0.4, -0.2) is 57.0 Å². The van der Waals surface area contributed by atoms with Gasteiger partial charge in [0.05, 0.1) is 4.90 Å². The summed E-state index contributed by atoms with van der Waals surface area (Å²) in [5, 5.41) is 10.1. The lowest BCUT2D eigenvalue weighted by Gasteiger charge is -2.42. The normalized spacial score (nSPS) is 23.6. The van der Waals surface area contributed by atoms with Gasteiger partial charge in [0.15, 0.2) is 5.79 Å². The first-order valence-corrected chi connectivity index (χ1v) is 7.74. The van der Waals surface area contributed by atoms with Crippen LogP contribution in [0.25, 0.3) is 0 Å². The molecule has 0 bridgehead atoms. The van der Waals surface area contributed by atoms with Gasteiger partial charge in [-0.3, -0.25) is 0 Å². The Bertz CT molecular complexity index is 541. The second-order valence-corrected chi connectivity index (χ2v) is 6.60. The predicted molar refractivity (Wildman–Crippen MR) is 72.6 cm³/mol. The maximum atomic E-state index is 12.5. The Kier molecular flexibility index (Phi) is 4.46. The van der Waals surface area contributed by atoms with Crippen LogP contribution in [0, 0.1) is 0 Å². The first-order valence-electron chi connectivity index (χ1n) is 6.30. The van der Waals surface area contributed by atoms with E-state index in [1.165, 1.54) is 30.7 Å². The van der Waals surface area contributed by atoms with Gasteiger partial charge in [-0.1, -0.05) is 18.2 Å². The quantitative estimate of drug-likeness (QED) is 0.816. The molecule has 1 aliphatic rings. The second-order valence-electron chi connectivity index (χ2n) is 4.66. The highest BCUT2D eigenvalue weighted by Gasteiger charge is 2.46. The number of hydrogen-bond donors (Lipinski definition) is 1. The zero-order valence-electron chi connectivity index (χ0n) is 11.5. The summed E-state index contributed by atoms with van der Waals surface area (Å²) in [6, 6.07) is 8.17. The molecule has 1 aromatic rings. The number of piperidine rings is 1. The highest BCUT2D eigenvalue weighted by Crippen LogP contribution is 2.30. The van der Waals surface area contributed by atoms with Gasteiger partial charge in [0.1, 0.15) is 6.10 Å². The van der Waals surface area contributed by atoms with Crippen LogP contribution in [-0.2, 0) is 19.5 Å². The van der Waals surface area contributed by atoms with Crippen LogP contribution in [0.4, 0.5) is 0 Å². The number of sulfonamides is 1. The van der Waals surface area contributed by atoms with Gasteiger partial charge in [-0.05, 0) is 12.1 Å². The van der Waals surface area contributed by atoms with Gasteiger partial charge in [0.2, 0.25) is 10.0 Å². The maximum Gasteiger partial charge on any atom is 0.243 e. The smallest absolute Gasteiger partial charge is 0.243 e. The molecule has 0 aliphatic carbocycles. The van der Waals surface area contributed by atoms with Crippen LogP contribution in [0.1, 0.15) is 6.42 Å². The standard InChI is InChI=1S/C13H19NO5S/c1-18-13(19-2)8-9-14(10-12(13)15)20(16,17)11-6-4-3-5-7-11/h3-7,12,15H,8-10H2,1-2H3. The van der Waals surface area contributed by atoms with Crippen molar-refractivity contribution in [3.63, 3.8) is 0 Å². The third-order valence-electron chi connectivity index (χ3n) is 3.67. The van der Waals surface area contributed by atoms with Crippen molar-refractivity contribution in [3.8, 4) is 0 Å². The van der Waals surface area contributed by atoms with E-state index < -0.39 is 21.9 Å². The molecule has 1 aliphatic heterocycles. The molecular formula is C13H19NO5S. The molecule has 1 unspecified atom stereocenters. The lowest BCUT2D eigenvalue weighted by molar-refractivity contribution is -0.273. The van der Waals surface area contributed by atoms with E-state index in [1.54, 1.807) is 18.2 Å². The van der Waals surface area contributed by atoms with Crippen molar-refractivity contribution in [2.45, 2.75) is 23.2 Å². The zero-order chi connectivity index (χ0) is 14.8. The summed E-state index contributed by atoms with van der Waals surface area (Å²) in [4.78, 5) is 0.217. The fourth-order valence-electron chi connectivity index (χ4n) is 2.39. The van der Waals surface area contributed by atoms with Crippen LogP contribution in [0.5, 0.6) is 0 Å². The van der Waals surface area contributed by atoms with Crippen molar-refractivity contribution < 1.29 is 23.0 Å². The van der Waals surface area contributed by atoms with Gasteiger partial charge in [-0.15, -0.1) is 0 Å². The first-order chi connectivity index (χ1) is 9.46. The van der Waals surface area contributed by atoms with Gasteiger partial charge < -0.3 is 14.6 Å². The number of nitrogens with zero attached hydrogens (tertiary/aromatic N) is 1. The fraction of sp³-hybridized carbons (Fsp3) is 0.538. The Morgan fingerprint density at radius 2 is 1.85 bits per heavy atom. The molecule has 0 saturated carbocycles. The number of methoxy groups -OCH3 is 2. The van der Waals surface area contributed by atoms with Crippen LogP contribution in [0.2, 0.25) is 0 Å². The van der Waals surface area contributed by atoms with Crippen LogP contribution in [0.3, 0.4) is 0 Å². The Balaban J connectivity index is 2.22. The van der Waals surface area contributed by atoms with Crippen LogP contribution >= 0.6 is 0 Å². The van der Waals surface area contributed by atoms with Crippen molar-refractivity contribution in [2.24, 2.45) is 0 Å². The Hall–Kier alpha value is -0.990. The third-order valence-corrected chi connectivity index (χ3v) is 5.55. The highest BCUT2D eigenvalue weighted by atomic mass is 32.2. The number of hydrogen-bond acceptors (Lipinski definition) is 5. The topological polar surface area (TPSA) is 76.1 Å². The fourth-order valence-corrected chi connectivity index (χ4v) is 3.86. The summed E-state index contributed by atoms with van der Waals surface area (Å²) in [5.41, 5.74) is 0. The molecular weight excluding hydrogens is 282 g/mol. The van der Waals surface area contributed by atoms with Gasteiger partial charge >= 0.3 is 0 Å². The molecule has 1 N–H and O–H groups in total. The summed E-state index contributed by atoms with van der Waals surface area (Å²) in [7, 11) is -0.722. The minimum Gasteiger partial charge on any atom is -0.386 e. The van der Waals surface area contributed by atoms with Crippen LogP contribution < -0.4 is 0 Å². The second kappa shape index (κ2) is 5.79. The van der Waals surface area contributed by atoms with Gasteiger partial charge in [0, 0.05) is 33.7 Å². The molecule has 1 aromatic carbocycles. The lowest BCUT2D eigenvalue weighted by Crippen LogP contribution is -2.58. The van der Waals surface area contributed by atoms with E-state index in [-0.39, 0.29) is 24.4 Å². The Morgan fingerprint density at radius 3 is 2.35 bits per heavy atom. The van der Waals surface area contributed by atoms with Crippen LogP contribution in [0.15, 0.2) is 35.2 Å². The molecule has 112 valence electrons. The largest absolute Gasteiger partial charge is 0.386 e. The molecule has 1 fully saturated rings. The van der Waals surface area contributed by atoms with E-state index >= 15 is 0 Å². The van der Waals surface area contributed by atoms with Crippen molar-refractivity contribution in [1.29, 1.82) is 0 Å². The number of aliphatic hydroxyl groups is 1. The maximum absolute atomic E-state index is 12.5. The summed E-state index contributed by atoms with van der Waals surface area (Å²) in [6.45, 7) is 0.175. The number of benzene rings is 1. The molecule has 20 heavy (non-hydrogen) atoms. The van der Waals surface area contributed by atoms with Gasteiger partial charge in [-0.2, -0.15) is 4.31 Å². The Morgan fingerprint density at radius 1 is 1.25 bits per heavy atom. The van der Waals surface area contributed by atoms with E-state index in [9.17, 15) is 13.5 Å². The summed E-state index contributed by atoms with van der Waals surface area (Å²) < 4.78 is 36.6. The summed E-state index contributed by atoms with van der Waals surface area (Å²) in [6.07, 6.45) is -0.766. The van der Waals surface area contributed by atoms with E-state index in [2.05, 4.69) is 0 Å². The Labute approximate surface area is 119 Å². The molecule has 0 aromatic heterocycles. The molecule has 6 nitrogen and oxygen atoms in total. The summed E-state index contributed by atoms with van der Waals surface area (Å²) in [5.74, 6) is -1.14.